The van der Waals surface area contributed by atoms with Gasteiger partial charge in [-0.05, 0) is 37.6 Å². The maximum Gasteiger partial charge on any atom is 0.0841 e. The summed E-state index contributed by atoms with van der Waals surface area (Å²) in [5, 5.41) is 3.42. The number of rotatable bonds is 4. The van der Waals surface area contributed by atoms with E-state index >= 15 is 0 Å². The summed E-state index contributed by atoms with van der Waals surface area (Å²) in [5.74, 6) is 0. The van der Waals surface area contributed by atoms with Gasteiger partial charge >= 0.3 is 0 Å². The minimum absolute atomic E-state index is 0.320. The van der Waals surface area contributed by atoms with Crippen LogP contribution in [0.25, 0.3) is 21.5 Å². The van der Waals surface area contributed by atoms with Gasteiger partial charge in [-0.3, -0.25) is 0 Å². The van der Waals surface area contributed by atoms with Gasteiger partial charge in [0, 0.05) is 62.5 Å². The molecule has 0 spiro atoms. The zero-order chi connectivity index (χ0) is 19.8. The van der Waals surface area contributed by atoms with Crippen molar-refractivity contribution < 1.29 is 4.74 Å². The van der Waals surface area contributed by atoms with Crippen molar-refractivity contribution in [3.63, 3.8) is 0 Å². The van der Waals surface area contributed by atoms with Gasteiger partial charge in [-0.25, -0.2) is 4.98 Å². The number of benzene rings is 1. The molecule has 1 aromatic carbocycles. The fourth-order valence-corrected chi connectivity index (χ4v) is 5.41. The molecule has 2 aliphatic rings. The molecule has 1 N–H and O–H groups in total. The van der Waals surface area contributed by atoms with Gasteiger partial charge in [0.2, 0.25) is 0 Å². The predicted octanol–water partition coefficient (Wildman–Crippen LogP) is 3.91. The molecule has 29 heavy (non-hydrogen) atoms. The fraction of sp³-hybridized carbons (Fsp3) is 0.435. The van der Waals surface area contributed by atoms with E-state index in [1.165, 1.54) is 26.5 Å². The average molecular weight is 409 g/mol. The van der Waals surface area contributed by atoms with Crippen molar-refractivity contribution in [3.05, 3.63) is 41.3 Å². The van der Waals surface area contributed by atoms with E-state index in [9.17, 15) is 0 Å². The molecule has 2 aromatic heterocycles. The number of pyridine rings is 1. The number of nitrogens with zero attached hydrogens (tertiary/aromatic N) is 3. The SMILES string of the molecule is COC1CCN(c2cc(-c3ccc(N4CCNCC4)cc3)nc3cc(C)sc23)C1. The van der Waals surface area contributed by atoms with Crippen molar-refractivity contribution >= 4 is 32.9 Å². The summed E-state index contributed by atoms with van der Waals surface area (Å²) < 4.78 is 6.89. The second-order valence-electron chi connectivity index (χ2n) is 7.97. The molecule has 0 aliphatic carbocycles. The molecule has 6 heteroatoms. The molecule has 1 unspecified atom stereocenters. The summed E-state index contributed by atoms with van der Waals surface area (Å²) >= 11 is 1.84. The summed E-state index contributed by atoms with van der Waals surface area (Å²) in [4.78, 5) is 11.2. The first kappa shape index (κ1) is 18.9. The Hall–Kier alpha value is -2.15. The Morgan fingerprint density at radius 3 is 2.59 bits per heavy atom. The Labute approximate surface area is 176 Å². The molecule has 2 saturated heterocycles. The van der Waals surface area contributed by atoms with E-state index < -0.39 is 0 Å². The molecule has 152 valence electrons. The summed E-state index contributed by atoms with van der Waals surface area (Å²) in [6.45, 7) is 8.40. The second kappa shape index (κ2) is 7.94. The molecule has 5 rings (SSSR count). The van der Waals surface area contributed by atoms with Crippen LogP contribution in [0.15, 0.2) is 36.4 Å². The van der Waals surface area contributed by atoms with Crippen LogP contribution >= 0.6 is 11.3 Å². The lowest BCUT2D eigenvalue weighted by Crippen LogP contribution is -2.43. The topological polar surface area (TPSA) is 40.6 Å². The highest BCUT2D eigenvalue weighted by molar-refractivity contribution is 7.19. The lowest BCUT2D eigenvalue weighted by molar-refractivity contribution is 0.121. The van der Waals surface area contributed by atoms with Crippen LogP contribution in [-0.4, -0.2) is 57.5 Å². The first-order valence-electron chi connectivity index (χ1n) is 10.5. The van der Waals surface area contributed by atoms with Crippen molar-refractivity contribution in [1.82, 2.24) is 10.3 Å². The third-order valence-corrected chi connectivity index (χ3v) is 7.11. The molecule has 4 heterocycles. The highest BCUT2D eigenvalue weighted by Gasteiger charge is 2.25. The van der Waals surface area contributed by atoms with Gasteiger partial charge in [-0.2, -0.15) is 0 Å². The van der Waals surface area contributed by atoms with Crippen LogP contribution in [0.2, 0.25) is 0 Å². The highest BCUT2D eigenvalue weighted by atomic mass is 32.1. The average Bonchev–Trinajstić information content (AvgIpc) is 3.39. The van der Waals surface area contributed by atoms with E-state index in [0.29, 0.717) is 6.10 Å². The number of methoxy groups -OCH3 is 1. The van der Waals surface area contributed by atoms with Crippen molar-refractivity contribution in [2.45, 2.75) is 19.4 Å². The number of hydrogen-bond donors (Lipinski definition) is 1. The zero-order valence-electron chi connectivity index (χ0n) is 17.1. The Morgan fingerprint density at radius 2 is 1.86 bits per heavy atom. The van der Waals surface area contributed by atoms with Crippen LogP contribution in [0.3, 0.4) is 0 Å². The first-order chi connectivity index (χ1) is 14.2. The molecule has 3 aromatic rings. The fourth-order valence-electron chi connectivity index (χ4n) is 4.41. The minimum atomic E-state index is 0.320. The van der Waals surface area contributed by atoms with Gasteiger partial charge in [-0.15, -0.1) is 11.3 Å². The molecule has 5 nitrogen and oxygen atoms in total. The number of thiophene rings is 1. The number of ether oxygens (including phenoxy) is 1. The number of fused-ring (bicyclic) bond motifs is 1. The van der Waals surface area contributed by atoms with E-state index in [0.717, 1.165) is 56.9 Å². The predicted molar refractivity (Wildman–Crippen MR) is 123 cm³/mol. The first-order valence-corrected chi connectivity index (χ1v) is 11.3. The highest BCUT2D eigenvalue weighted by Crippen LogP contribution is 2.38. The smallest absolute Gasteiger partial charge is 0.0841 e. The molecule has 0 amide bonds. The maximum absolute atomic E-state index is 5.60. The van der Waals surface area contributed by atoms with Crippen LogP contribution in [0, 0.1) is 6.92 Å². The lowest BCUT2D eigenvalue weighted by Gasteiger charge is -2.29. The molecule has 0 radical (unpaired) electrons. The van der Waals surface area contributed by atoms with Crippen molar-refractivity contribution in [1.29, 1.82) is 0 Å². The van der Waals surface area contributed by atoms with Crippen LogP contribution in [0.4, 0.5) is 11.4 Å². The van der Waals surface area contributed by atoms with Crippen LogP contribution in [0.1, 0.15) is 11.3 Å². The van der Waals surface area contributed by atoms with Crippen molar-refractivity contribution in [2.75, 3.05) is 56.2 Å². The van der Waals surface area contributed by atoms with Crippen LogP contribution < -0.4 is 15.1 Å². The van der Waals surface area contributed by atoms with E-state index in [4.69, 9.17) is 9.72 Å². The normalized spacial score (nSPS) is 20.0. The quantitative estimate of drug-likeness (QED) is 0.709. The number of aryl methyl sites for hydroxylation is 1. The second-order valence-corrected chi connectivity index (χ2v) is 9.23. The molecule has 0 saturated carbocycles. The zero-order valence-corrected chi connectivity index (χ0v) is 18.0. The summed E-state index contributed by atoms with van der Waals surface area (Å²) in [7, 11) is 1.82. The van der Waals surface area contributed by atoms with Gasteiger partial charge in [0.15, 0.2) is 0 Å². The third-order valence-electron chi connectivity index (χ3n) is 6.05. The van der Waals surface area contributed by atoms with Crippen molar-refractivity contribution in [3.8, 4) is 11.3 Å². The van der Waals surface area contributed by atoms with E-state index in [2.05, 4.69) is 58.4 Å². The Morgan fingerprint density at radius 1 is 1.07 bits per heavy atom. The monoisotopic (exact) mass is 408 g/mol. The van der Waals surface area contributed by atoms with Crippen LogP contribution in [-0.2, 0) is 4.74 Å². The number of aromatic nitrogens is 1. The molecule has 0 bridgehead atoms. The number of anilines is 2. The molecule has 2 aliphatic heterocycles. The summed E-state index contributed by atoms with van der Waals surface area (Å²) in [5.41, 5.74) is 5.93. The molecule has 1 atom stereocenters. The van der Waals surface area contributed by atoms with Gasteiger partial charge in [0.25, 0.3) is 0 Å². The number of piperazine rings is 1. The third kappa shape index (κ3) is 3.72. The van der Waals surface area contributed by atoms with Gasteiger partial charge < -0.3 is 19.9 Å². The van der Waals surface area contributed by atoms with Crippen molar-refractivity contribution in [2.24, 2.45) is 0 Å². The standard InChI is InChI=1S/C23H28N4OS/c1-16-13-21-23(29-16)22(27-10-7-19(15-27)28-2)14-20(25-21)17-3-5-18(6-4-17)26-11-8-24-9-12-26/h3-6,13-14,19,24H,7-12,15H2,1-2H3. The Kier molecular flexibility index (Phi) is 5.16. The number of hydrogen-bond acceptors (Lipinski definition) is 6. The Balaban J connectivity index is 1.50. The Bertz CT molecular complexity index is 994. The summed E-state index contributed by atoms with van der Waals surface area (Å²) in [6, 6.07) is 13.4. The van der Waals surface area contributed by atoms with Gasteiger partial charge in [0.05, 0.1) is 27.7 Å². The minimum Gasteiger partial charge on any atom is -0.380 e. The van der Waals surface area contributed by atoms with E-state index in [-0.39, 0.29) is 0 Å². The van der Waals surface area contributed by atoms with Gasteiger partial charge in [0.1, 0.15) is 0 Å². The van der Waals surface area contributed by atoms with E-state index in [1.54, 1.807) is 0 Å². The largest absolute Gasteiger partial charge is 0.380 e. The number of nitrogens with one attached hydrogen (secondary N) is 1. The molecular weight excluding hydrogens is 380 g/mol. The maximum atomic E-state index is 5.60. The summed E-state index contributed by atoms with van der Waals surface area (Å²) in [6.07, 6.45) is 1.40. The molecule has 2 fully saturated rings. The van der Waals surface area contributed by atoms with E-state index in [1.807, 2.05) is 18.4 Å². The lowest BCUT2D eigenvalue weighted by atomic mass is 10.1. The molecular formula is C23H28N4OS. The van der Waals surface area contributed by atoms with Crippen LogP contribution in [0.5, 0.6) is 0 Å². The van der Waals surface area contributed by atoms with Gasteiger partial charge in [-0.1, -0.05) is 12.1 Å².